The van der Waals surface area contributed by atoms with E-state index in [0.717, 1.165) is 28.8 Å². The van der Waals surface area contributed by atoms with Crippen molar-refractivity contribution in [1.82, 2.24) is 10.2 Å². The summed E-state index contributed by atoms with van der Waals surface area (Å²) in [6.45, 7) is 3.43. The van der Waals surface area contributed by atoms with Gasteiger partial charge in [-0.25, -0.2) is 8.42 Å². The number of carbonyl (C=O) groups excluding carboxylic acids is 1. The van der Waals surface area contributed by atoms with Gasteiger partial charge in [-0.15, -0.1) is 10.2 Å². The second kappa shape index (κ2) is 9.30. The van der Waals surface area contributed by atoms with Crippen molar-refractivity contribution in [1.29, 1.82) is 0 Å². The number of anilines is 2. The smallest absolute Gasteiger partial charge is 0.271 e. The molecule has 0 aliphatic carbocycles. The minimum absolute atomic E-state index is 0.0239. The monoisotopic (exact) mass is 445 g/mol. The standard InChI is InChI=1S/C15H19N5O5S3/c1-4-8-26-15-18-17-14(27-15)16-13(21)10(2)19(28(3,24)25)11-6-5-7-12(9-11)20(22)23/h5-7,9-10H,4,8H2,1-3H3,(H,16,17,21)/t10-/m1/s1. The molecule has 0 spiro atoms. The minimum atomic E-state index is -3.89. The van der Waals surface area contributed by atoms with E-state index in [0.29, 0.717) is 4.34 Å². The number of aromatic nitrogens is 2. The summed E-state index contributed by atoms with van der Waals surface area (Å²) in [5, 5.41) is 21.6. The first kappa shape index (κ1) is 22.0. The first-order valence-electron chi connectivity index (χ1n) is 8.14. The van der Waals surface area contributed by atoms with Crippen LogP contribution in [0.25, 0.3) is 0 Å². The van der Waals surface area contributed by atoms with E-state index >= 15 is 0 Å². The average molecular weight is 446 g/mol. The summed E-state index contributed by atoms with van der Waals surface area (Å²) in [6.07, 6.45) is 1.90. The second-order valence-electron chi connectivity index (χ2n) is 5.72. The van der Waals surface area contributed by atoms with Crippen molar-refractivity contribution in [2.24, 2.45) is 0 Å². The highest BCUT2D eigenvalue weighted by Crippen LogP contribution is 2.28. The Morgan fingerprint density at radius 3 is 2.75 bits per heavy atom. The molecule has 152 valence electrons. The fourth-order valence-corrected chi connectivity index (χ4v) is 5.12. The summed E-state index contributed by atoms with van der Waals surface area (Å²) < 4.78 is 26.1. The normalized spacial score (nSPS) is 12.4. The van der Waals surface area contributed by atoms with Crippen LogP contribution in [-0.4, -0.2) is 47.5 Å². The van der Waals surface area contributed by atoms with E-state index in [1.54, 1.807) is 0 Å². The predicted octanol–water partition coefficient (Wildman–Crippen LogP) is 2.74. The molecule has 1 aromatic carbocycles. The molecule has 1 amide bonds. The first-order valence-corrected chi connectivity index (χ1v) is 11.8. The predicted molar refractivity (Wildman–Crippen MR) is 109 cm³/mol. The van der Waals surface area contributed by atoms with E-state index in [9.17, 15) is 23.3 Å². The number of non-ortho nitro benzene ring substituents is 1. The number of amides is 1. The Kier molecular flexibility index (Phi) is 7.32. The van der Waals surface area contributed by atoms with Crippen LogP contribution in [0.15, 0.2) is 28.6 Å². The van der Waals surface area contributed by atoms with Crippen molar-refractivity contribution in [3.63, 3.8) is 0 Å². The zero-order valence-electron chi connectivity index (χ0n) is 15.4. The fraction of sp³-hybridized carbons (Fsp3) is 0.400. The van der Waals surface area contributed by atoms with Crippen molar-refractivity contribution in [3.05, 3.63) is 34.4 Å². The maximum Gasteiger partial charge on any atom is 0.271 e. The van der Waals surface area contributed by atoms with Crippen molar-refractivity contribution < 1.29 is 18.1 Å². The van der Waals surface area contributed by atoms with E-state index in [-0.39, 0.29) is 16.5 Å². The number of benzene rings is 1. The number of thioether (sulfide) groups is 1. The summed E-state index contributed by atoms with van der Waals surface area (Å²) in [4.78, 5) is 23.0. The number of nitrogens with zero attached hydrogens (tertiary/aromatic N) is 4. The zero-order chi connectivity index (χ0) is 20.9. The second-order valence-corrected chi connectivity index (χ2v) is 9.90. The number of nitro benzene ring substituents is 1. The molecule has 0 saturated heterocycles. The summed E-state index contributed by atoms with van der Waals surface area (Å²) >= 11 is 2.70. The molecule has 0 bridgehead atoms. The molecule has 0 saturated carbocycles. The molecule has 1 aromatic heterocycles. The molecule has 0 aliphatic heterocycles. The molecule has 0 fully saturated rings. The Morgan fingerprint density at radius 1 is 1.43 bits per heavy atom. The van der Waals surface area contributed by atoms with Crippen LogP contribution in [0.4, 0.5) is 16.5 Å². The van der Waals surface area contributed by atoms with E-state index in [2.05, 4.69) is 15.5 Å². The highest BCUT2D eigenvalue weighted by Gasteiger charge is 2.30. The third kappa shape index (κ3) is 5.62. The van der Waals surface area contributed by atoms with Crippen LogP contribution in [0.1, 0.15) is 20.3 Å². The van der Waals surface area contributed by atoms with Gasteiger partial charge in [0.1, 0.15) is 6.04 Å². The van der Waals surface area contributed by atoms with Gasteiger partial charge in [0.25, 0.3) is 5.69 Å². The Labute approximate surface area is 170 Å². The number of rotatable bonds is 9. The van der Waals surface area contributed by atoms with E-state index in [1.807, 2.05) is 6.92 Å². The molecule has 0 radical (unpaired) electrons. The third-order valence-corrected chi connectivity index (χ3v) is 6.87. The lowest BCUT2D eigenvalue weighted by molar-refractivity contribution is -0.384. The van der Waals surface area contributed by atoms with Crippen LogP contribution in [0.2, 0.25) is 0 Å². The molecule has 1 atom stereocenters. The number of nitrogens with one attached hydrogen (secondary N) is 1. The molecule has 0 unspecified atom stereocenters. The molecule has 13 heteroatoms. The Balaban J connectivity index is 2.24. The number of carbonyl (C=O) groups is 1. The molecular formula is C15H19N5O5S3. The molecule has 2 aromatic rings. The maximum atomic E-state index is 12.6. The van der Waals surface area contributed by atoms with Gasteiger partial charge < -0.3 is 0 Å². The van der Waals surface area contributed by atoms with Gasteiger partial charge in [0.2, 0.25) is 21.1 Å². The minimum Gasteiger partial charge on any atom is -0.299 e. The largest absolute Gasteiger partial charge is 0.299 e. The molecule has 1 heterocycles. The lowest BCUT2D eigenvalue weighted by Crippen LogP contribution is -2.45. The van der Waals surface area contributed by atoms with Gasteiger partial charge in [0.05, 0.1) is 16.9 Å². The Morgan fingerprint density at radius 2 is 2.14 bits per heavy atom. The third-order valence-electron chi connectivity index (χ3n) is 3.45. The highest BCUT2D eigenvalue weighted by molar-refractivity contribution is 8.01. The lowest BCUT2D eigenvalue weighted by Gasteiger charge is -2.27. The van der Waals surface area contributed by atoms with Crippen LogP contribution in [0, 0.1) is 10.1 Å². The molecule has 10 nitrogen and oxygen atoms in total. The zero-order valence-corrected chi connectivity index (χ0v) is 17.8. The number of nitro groups is 1. The van der Waals surface area contributed by atoms with Gasteiger partial charge in [0.15, 0.2) is 4.34 Å². The van der Waals surface area contributed by atoms with Crippen molar-refractivity contribution in [2.45, 2.75) is 30.6 Å². The van der Waals surface area contributed by atoms with Gasteiger partial charge in [-0.1, -0.05) is 36.1 Å². The summed E-state index contributed by atoms with van der Waals surface area (Å²) in [5.41, 5.74) is -0.253. The van der Waals surface area contributed by atoms with E-state index in [4.69, 9.17) is 0 Å². The van der Waals surface area contributed by atoms with Crippen LogP contribution in [0.3, 0.4) is 0 Å². The SMILES string of the molecule is CCCSc1nnc(NC(=O)[C@@H](C)N(c2cccc([N+](=O)[O-])c2)S(C)(=O)=O)s1. The van der Waals surface area contributed by atoms with Crippen molar-refractivity contribution in [3.8, 4) is 0 Å². The van der Waals surface area contributed by atoms with Gasteiger partial charge in [-0.3, -0.25) is 24.5 Å². The lowest BCUT2D eigenvalue weighted by atomic mass is 10.2. The molecule has 0 aliphatic rings. The Bertz CT molecular complexity index is 962. The highest BCUT2D eigenvalue weighted by atomic mass is 32.2. The number of hydrogen-bond acceptors (Lipinski definition) is 9. The van der Waals surface area contributed by atoms with Crippen LogP contribution in [0.5, 0.6) is 0 Å². The van der Waals surface area contributed by atoms with Crippen LogP contribution >= 0.6 is 23.1 Å². The van der Waals surface area contributed by atoms with Crippen molar-refractivity contribution >= 4 is 55.5 Å². The summed E-state index contributed by atoms with van der Waals surface area (Å²) in [7, 11) is -3.89. The van der Waals surface area contributed by atoms with Gasteiger partial charge in [-0.05, 0) is 19.4 Å². The van der Waals surface area contributed by atoms with E-state index in [1.165, 1.54) is 48.2 Å². The number of hydrogen-bond donors (Lipinski definition) is 1. The van der Waals surface area contributed by atoms with Gasteiger partial charge in [-0.2, -0.15) is 0 Å². The molecule has 1 N–H and O–H groups in total. The van der Waals surface area contributed by atoms with Gasteiger partial charge >= 0.3 is 0 Å². The average Bonchev–Trinajstić information content (AvgIpc) is 3.06. The summed E-state index contributed by atoms with van der Waals surface area (Å²) in [6, 6.07) is 3.94. The fourth-order valence-electron chi connectivity index (χ4n) is 2.27. The Hall–Kier alpha value is -2.25. The molecular weight excluding hydrogens is 426 g/mol. The molecule has 28 heavy (non-hydrogen) atoms. The maximum absolute atomic E-state index is 12.6. The van der Waals surface area contributed by atoms with Crippen molar-refractivity contribution in [2.75, 3.05) is 21.6 Å². The number of sulfonamides is 1. The summed E-state index contributed by atoms with van der Waals surface area (Å²) in [5.74, 6) is 0.244. The topological polar surface area (TPSA) is 135 Å². The first-order chi connectivity index (χ1) is 13.1. The van der Waals surface area contributed by atoms with Crippen LogP contribution < -0.4 is 9.62 Å². The van der Waals surface area contributed by atoms with Crippen LogP contribution in [-0.2, 0) is 14.8 Å². The quantitative estimate of drug-likeness (QED) is 0.269. The molecule has 2 rings (SSSR count). The van der Waals surface area contributed by atoms with E-state index < -0.39 is 26.9 Å². The van der Waals surface area contributed by atoms with Gasteiger partial charge in [0, 0.05) is 17.9 Å².